The molecule has 1 aromatic carbocycles. The van der Waals surface area contributed by atoms with Crippen molar-refractivity contribution in [3.63, 3.8) is 0 Å². The number of nitro groups is 1. The molecule has 0 spiro atoms. The maximum absolute atomic E-state index is 10.8. The highest BCUT2D eigenvalue weighted by Gasteiger charge is 2.08. The number of anilines is 1. The van der Waals surface area contributed by atoms with Crippen molar-refractivity contribution in [2.45, 2.75) is 13.5 Å². The van der Waals surface area contributed by atoms with E-state index in [1.807, 2.05) is 24.4 Å². The molecule has 0 aliphatic rings. The summed E-state index contributed by atoms with van der Waals surface area (Å²) >= 11 is 5.09. The fourth-order valence-corrected chi connectivity index (χ4v) is 3.04. The summed E-state index contributed by atoms with van der Waals surface area (Å²) in [6.07, 6.45) is 0. The second-order valence-corrected chi connectivity index (χ2v) is 5.71. The van der Waals surface area contributed by atoms with Gasteiger partial charge in [0.1, 0.15) is 0 Å². The molecule has 6 heteroatoms. The van der Waals surface area contributed by atoms with E-state index in [0.717, 1.165) is 15.7 Å². The summed E-state index contributed by atoms with van der Waals surface area (Å²) in [5.41, 5.74) is 1.75. The van der Waals surface area contributed by atoms with E-state index in [2.05, 4.69) is 21.2 Å². The van der Waals surface area contributed by atoms with Crippen LogP contribution in [0, 0.1) is 17.0 Å². The van der Waals surface area contributed by atoms with Crippen LogP contribution in [0.5, 0.6) is 0 Å². The quantitative estimate of drug-likeness (QED) is 0.671. The van der Waals surface area contributed by atoms with Gasteiger partial charge in [0.15, 0.2) is 0 Å². The number of nitrogens with one attached hydrogen (secondary N) is 1. The van der Waals surface area contributed by atoms with Crippen molar-refractivity contribution in [1.29, 1.82) is 0 Å². The normalized spacial score (nSPS) is 10.3. The Morgan fingerprint density at radius 2 is 2.22 bits per heavy atom. The minimum absolute atomic E-state index is 0.114. The Hall–Kier alpha value is -1.40. The maximum atomic E-state index is 10.8. The molecule has 0 unspecified atom stereocenters. The summed E-state index contributed by atoms with van der Waals surface area (Å²) < 4.78 is 1.06. The highest BCUT2D eigenvalue weighted by atomic mass is 79.9. The first kappa shape index (κ1) is 13.0. The molecule has 0 aliphatic carbocycles. The molecule has 0 atom stereocenters. The van der Waals surface area contributed by atoms with E-state index in [1.54, 1.807) is 23.5 Å². The van der Waals surface area contributed by atoms with Gasteiger partial charge in [0.25, 0.3) is 5.69 Å². The van der Waals surface area contributed by atoms with Crippen molar-refractivity contribution in [1.82, 2.24) is 0 Å². The Kier molecular flexibility index (Phi) is 3.98. The second-order valence-electron chi connectivity index (χ2n) is 3.86. The Morgan fingerprint density at radius 3 is 2.83 bits per heavy atom. The van der Waals surface area contributed by atoms with Gasteiger partial charge in [-0.2, -0.15) is 0 Å². The van der Waals surface area contributed by atoms with Gasteiger partial charge in [-0.1, -0.05) is 0 Å². The third kappa shape index (κ3) is 3.08. The molecule has 18 heavy (non-hydrogen) atoms. The Labute approximate surface area is 117 Å². The number of halogens is 1. The van der Waals surface area contributed by atoms with Gasteiger partial charge in [-0.25, -0.2) is 0 Å². The van der Waals surface area contributed by atoms with Gasteiger partial charge in [-0.3, -0.25) is 10.1 Å². The summed E-state index contributed by atoms with van der Waals surface area (Å²) in [6.45, 7) is 2.50. The van der Waals surface area contributed by atoms with Crippen LogP contribution in [-0.4, -0.2) is 4.92 Å². The molecule has 2 rings (SSSR count). The molecule has 1 aromatic heterocycles. The summed E-state index contributed by atoms with van der Waals surface area (Å²) in [6, 6.07) is 7.00. The summed E-state index contributed by atoms with van der Waals surface area (Å²) in [5.74, 6) is 0. The SMILES string of the molecule is Cc1cc(NCc2sccc2Br)cc([N+](=O)[O-])c1. The van der Waals surface area contributed by atoms with Crippen LogP contribution in [-0.2, 0) is 6.54 Å². The van der Waals surface area contributed by atoms with Gasteiger partial charge < -0.3 is 5.32 Å². The average molecular weight is 327 g/mol. The molecule has 0 amide bonds. The monoisotopic (exact) mass is 326 g/mol. The standard InChI is InChI=1S/C12H11BrN2O2S/c1-8-4-9(6-10(5-8)15(16)17)14-7-12-11(13)2-3-18-12/h2-6,14H,7H2,1H3. The van der Waals surface area contributed by atoms with Crippen LogP contribution in [0.2, 0.25) is 0 Å². The first-order chi connectivity index (χ1) is 8.56. The van der Waals surface area contributed by atoms with E-state index in [1.165, 1.54) is 4.88 Å². The van der Waals surface area contributed by atoms with Crippen molar-refractivity contribution < 1.29 is 4.92 Å². The zero-order valence-electron chi connectivity index (χ0n) is 9.64. The molecule has 2 aromatic rings. The van der Waals surface area contributed by atoms with Crippen molar-refractivity contribution in [3.8, 4) is 0 Å². The molecular formula is C12H11BrN2O2S. The molecule has 4 nitrogen and oxygen atoms in total. The zero-order valence-corrected chi connectivity index (χ0v) is 12.0. The fourth-order valence-electron chi connectivity index (χ4n) is 1.60. The Morgan fingerprint density at radius 1 is 1.44 bits per heavy atom. The predicted octanol–water partition coefficient (Wildman–Crippen LogP) is 4.34. The van der Waals surface area contributed by atoms with Crippen LogP contribution in [0.4, 0.5) is 11.4 Å². The smallest absolute Gasteiger partial charge is 0.271 e. The minimum atomic E-state index is -0.376. The van der Waals surface area contributed by atoms with Crippen molar-refractivity contribution >= 4 is 38.6 Å². The molecule has 0 bridgehead atoms. The second kappa shape index (κ2) is 5.49. The minimum Gasteiger partial charge on any atom is -0.380 e. The lowest BCUT2D eigenvalue weighted by atomic mass is 10.2. The molecule has 1 heterocycles. The molecule has 0 aliphatic heterocycles. The van der Waals surface area contributed by atoms with Gasteiger partial charge >= 0.3 is 0 Å². The number of hydrogen-bond donors (Lipinski definition) is 1. The average Bonchev–Trinajstić information content (AvgIpc) is 2.71. The van der Waals surface area contributed by atoms with Crippen LogP contribution in [0.3, 0.4) is 0 Å². The van der Waals surface area contributed by atoms with E-state index >= 15 is 0 Å². The number of nitrogens with zero attached hydrogens (tertiary/aromatic N) is 1. The zero-order chi connectivity index (χ0) is 13.1. The highest BCUT2D eigenvalue weighted by molar-refractivity contribution is 9.10. The first-order valence-corrected chi connectivity index (χ1v) is 6.95. The van der Waals surface area contributed by atoms with E-state index in [4.69, 9.17) is 0 Å². The van der Waals surface area contributed by atoms with Crippen LogP contribution in [0.25, 0.3) is 0 Å². The Balaban J connectivity index is 2.14. The van der Waals surface area contributed by atoms with E-state index in [9.17, 15) is 10.1 Å². The lowest BCUT2D eigenvalue weighted by molar-refractivity contribution is -0.384. The number of thiophene rings is 1. The van der Waals surface area contributed by atoms with Gasteiger partial charge in [-0.05, 0) is 45.9 Å². The van der Waals surface area contributed by atoms with Crippen LogP contribution < -0.4 is 5.32 Å². The third-order valence-electron chi connectivity index (χ3n) is 2.42. The molecule has 94 valence electrons. The maximum Gasteiger partial charge on any atom is 0.271 e. The number of aryl methyl sites for hydroxylation is 1. The number of hydrogen-bond acceptors (Lipinski definition) is 4. The predicted molar refractivity (Wildman–Crippen MR) is 77.2 cm³/mol. The van der Waals surface area contributed by atoms with Crippen LogP contribution >= 0.6 is 27.3 Å². The molecule has 0 radical (unpaired) electrons. The third-order valence-corrected chi connectivity index (χ3v) is 4.34. The van der Waals surface area contributed by atoms with Gasteiger partial charge in [-0.15, -0.1) is 11.3 Å². The van der Waals surface area contributed by atoms with Crippen molar-refractivity contribution in [2.24, 2.45) is 0 Å². The fraction of sp³-hybridized carbons (Fsp3) is 0.167. The van der Waals surface area contributed by atoms with Crippen molar-refractivity contribution in [2.75, 3.05) is 5.32 Å². The molecule has 0 fully saturated rings. The van der Waals surface area contributed by atoms with Crippen molar-refractivity contribution in [3.05, 3.63) is 54.7 Å². The van der Waals surface area contributed by atoms with Gasteiger partial charge in [0, 0.05) is 27.2 Å². The van der Waals surface area contributed by atoms with E-state index in [0.29, 0.717) is 6.54 Å². The van der Waals surface area contributed by atoms with Gasteiger partial charge in [0.05, 0.1) is 11.5 Å². The van der Waals surface area contributed by atoms with E-state index < -0.39 is 0 Å². The summed E-state index contributed by atoms with van der Waals surface area (Å²) in [7, 11) is 0. The van der Waals surface area contributed by atoms with Crippen LogP contribution in [0.1, 0.15) is 10.4 Å². The Bertz CT molecular complexity index is 583. The molecule has 0 saturated heterocycles. The molecule has 0 saturated carbocycles. The summed E-state index contributed by atoms with van der Waals surface area (Å²) in [4.78, 5) is 11.6. The largest absolute Gasteiger partial charge is 0.380 e. The first-order valence-electron chi connectivity index (χ1n) is 5.28. The highest BCUT2D eigenvalue weighted by Crippen LogP contribution is 2.25. The number of non-ortho nitro benzene ring substituents is 1. The number of rotatable bonds is 4. The number of nitro benzene ring substituents is 1. The molecular weight excluding hydrogens is 316 g/mol. The number of benzene rings is 1. The lowest BCUT2D eigenvalue weighted by Gasteiger charge is -2.06. The van der Waals surface area contributed by atoms with E-state index in [-0.39, 0.29) is 10.6 Å². The topological polar surface area (TPSA) is 55.2 Å². The summed E-state index contributed by atoms with van der Waals surface area (Å²) in [5, 5.41) is 16.0. The molecule has 1 N–H and O–H groups in total. The van der Waals surface area contributed by atoms with Gasteiger partial charge in [0.2, 0.25) is 0 Å². The van der Waals surface area contributed by atoms with Crippen LogP contribution in [0.15, 0.2) is 34.1 Å². The lowest BCUT2D eigenvalue weighted by Crippen LogP contribution is -1.99.